The van der Waals surface area contributed by atoms with Gasteiger partial charge < -0.3 is 4.74 Å². The van der Waals surface area contributed by atoms with E-state index in [1.807, 2.05) is 24.6 Å². The van der Waals surface area contributed by atoms with Crippen molar-refractivity contribution in [3.8, 4) is 5.75 Å². The normalized spacial score (nSPS) is 10.3. The van der Waals surface area contributed by atoms with E-state index >= 15 is 0 Å². The van der Waals surface area contributed by atoms with Crippen molar-refractivity contribution in [1.82, 2.24) is 15.2 Å². The molecule has 0 unspecified atom stereocenters. The first kappa shape index (κ1) is 12.6. The molecule has 0 aliphatic carbocycles. The molecule has 0 aliphatic rings. The number of amides is 1. The second-order valence-electron chi connectivity index (χ2n) is 3.57. The van der Waals surface area contributed by atoms with Gasteiger partial charge in [0.05, 0.1) is 17.3 Å². The molecule has 2 aromatic rings. The minimum absolute atomic E-state index is 0.298. The first-order valence-electron chi connectivity index (χ1n) is 5.47. The van der Waals surface area contributed by atoms with E-state index in [0.717, 1.165) is 12.1 Å². The van der Waals surface area contributed by atoms with Crippen LogP contribution in [0.2, 0.25) is 0 Å². The van der Waals surface area contributed by atoms with Crippen molar-refractivity contribution in [2.45, 2.75) is 20.1 Å². The van der Waals surface area contributed by atoms with Crippen molar-refractivity contribution in [3.63, 3.8) is 0 Å². The molecule has 18 heavy (non-hydrogen) atoms. The van der Waals surface area contributed by atoms with Crippen LogP contribution in [0.15, 0.2) is 23.8 Å². The molecular weight excluding hydrogens is 252 g/mol. The molecule has 6 nitrogen and oxygen atoms in total. The molecule has 0 aliphatic heterocycles. The van der Waals surface area contributed by atoms with Gasteiger partial charge in [-0.3, -0.25) is 14.9 Å². The molecule has 7 heteroatoms. The van der Waals surface area contributed by atoms with Crippen LogP contribution < -0.4 is 16.0 Å². The van der Waals surface area contributed by atoms with Gasteiger partial charge in [-0.2, -0.15) is 5.10 Å². The highest BCUT2D eigenvalue weighted by atomic mass is 32.1. The van der Waals surface area contributed by atoms with Gasteiger partial charge in [-0.15, -0.1) is 11.3 Å². The molecule has 0 radical (unpaired) electrons. The lowest BCUT2D eigenvalue weighted by molar-refractivity contribution is 0.0955. The van der Waals surface area contributed by atoms with Crippen molar-refractivity contribution < 1.29 is 9.53 Å². The van der Waals surface area contributed by atoms with Crippen LogP contribution in [0.5, 0.6) is 5.75 Å². The number of hydrazine groups is 1. The Morgan fingerprint density at radius 1 is 1.67 bits per heavy atom. The molecule has 2 rings (SSSR count). The largest absolute Gasteiger partial charge is 0.486 e. The maximum Gasteiger partial charge on any atom is 0.275 e. The highest BCUT2D eigenvalue weighted by Crippen LogP contribution is 2.19. The number of ether oxygens (including phenoxy) is 1. The molecule has 0 bridgehead atoms. The van der Waals surface area contributed by atoms with Gasteiger partial charge >= 0.3 is 0 Å². The summed E-state index contributed by atoms with van der Waals surface area (Å²) >= 11 is 1.33. The Bertz CT molecular complexity index is 535. The van der Waals surface area contributed by atoms with Gasteiger partial charge in [0.1, 0.15) is 6.61 Å². The van der Waals surface area contributed by atoms with E-state index in [1.54, 1.807) is 10.9 Å². The summed E-state index contributed by atoms with van der Waals surface area (Å²) in [5, 5.41) is 5.94. The minimum Gasteiger partial charge on any atom is -0.486 e. The van der Waals surface area contributed by atoms with Crippen LogP contribution in [0.3, 0.4) is 0 Å². The summed E-state index contributed by atoms with van der Waals surface area (Å²) in [7, 11) is 0. The number of nitrogens with zero attached hydrogens (tertiary/aromatic N) is 2. The average molecular weight is 266 g/mol. The van der Waals surface area contributed by atoms with E-state index in [2.05, 4.69) is 10.5 Å². The predicted molar refractivity (Wildman–Crippen MR) is 68.2 cm³/mol. The number of nitrogens with one attached hydrogen (secondary N) is 1. The number of nitrogens with two attached hydrogens (primary N) is 1. The molecule has 0 spiro atoms. The lowest BCUT2D eigenvalue weighted by Crippen LogP contribution is -2.30. The smallest absolute Gasteiger partial charge is 0.275 e. The number of aryl methyl sites for hydroxylation is 1. The Labute approximate surface area is 108 Å². The Balaban J connectivity index is 2.02. The topological polar surface area (TPSA) is 82.2 Å². The summed E-state index contributed by atoms with van der Waals surface area (Å²) in [5.74, 6) is 5.50. The number of thiophene rings is 1. The van der Waals surface area contributed by atoms with Crippen LogP contribution >= 0.6 is 11.3 Å². The molecular formula is C11H14N4O2S. The molecule has 0 saturated carbocycles. The molecule has 0 aromatic carbocycles. The zero-order chi connectivity index (χ0) is 13.0. The van der Waals surface area contributed by atoms with E-state index < -0.39 is 0 Å². The first-order chi connectivity index (χ1) is 8.74. The summed E-state index contributed by atoms with van der Waals surface area (Å²) in [5.41, 5.74) is 2.93. The molecule has 2 aromatic heterocycles. The van der Waals surface area contributed by atoms with Crippen LogP contribution in [0, 0.1) is 0 Å². The van der Waals surface area contributed by atoms with Crippen LogP contribution in [0.25, 0.3) is 0 Å². The maximum absolute atomic E-state index is 11.5. The Morgan fingerprint density at radius 3 is 3.17 bits per heavy atom. The quantitative estimate of drug-likeness (QED) is 0.483. The van der Waals surface area contributed by atoms with Gasteiger partial charge in [-0.1, -0.05) is 0 Å². The standard InChI is InChI=1S/C11H14N4O2S/c1-2-15-6-9(5-13-15)17-7-8-3-4-18-10(8)11(16)14-12/h3-6H,2,7,12H2,1H3,(H,14,16). The summed E-state index contributed by atoms with van der Waals surface area (Å²) in [6, 6.07) is 1.85. The lowest BCUT2D eigenvalue weighted by atomic mass is 10.2. The predicted octanol–water partition coefficient (Wildman–Crippen LogP) is 1.15. The molecule has 96 valence electrons. The van der Waals surface area contributed by atoms with E-state index in [1.165, 1.54) is 11.3 Å². The van der Waals surface area contributed by atoms with Crippen LogP contribution in [-0.4, -0.2) is 15.7 Å². The molecule has 1 amide bonds. The molecule has 0 atom stereocenters. The van der Waals surface area contributed by atoms with Crippen molar-refractivity contribution in [1.29, 1.82) is 0 Å². The van der Waals surface area contributed by atoms with Crippen molar-refractivity contribution in [3.05, 3.63) is 34.3 Å². The van der Waals surface area contributed by atoms with Crippen molar-refractivity contribution >= 4 is 17.2 Å². The third-order valence-electron chi connectivity index (χ3n) is 2.41. The Morgan fingerprint density at radius 2 is 2.50 bits per heavy atom. The van der Waals surface area contributed by atoms with Crippen molar-refractivity contribution in [2.75, 3.05) is 0 Å². The van der Waals surface area contributed by atoms with E-state index in [0.29, 0.717) is 17.2 Å². The lowest BCUT2D eigenvalue weighted by Gasteiger charge is -2.04. The van der Waals surface area contributed by atoms with E-state index in [-0.39, 0.29) is 5.91 Å². The van der Waals surface area contributed by atoms with Gasteiger partial charge in [0.15, 0.2) is 5.75 Å². The fourth-order valence-corrected chi connectivity index (χ4v) is 2.28. The second kappa shape index (κ2) is 5.65. The van der Waals surface area contributed by atoms with E-state index in [9.17, 15) is 4.79 Å². The molecule has 2 heterocycles. The third kappa shape index (κ3) is 2.69. The number of carbonyl (C=O) groups excluding carboxylic acids is 1. The summed E-state index contributed by atoms with van der Waals surface area (Å²) in [6.07, 6.45) is 3.47. The maximum atomic E-state index is 11.5. The monoisotopic (exact) mass is 266 g/mol. The first-order valence-corrected chi connectivity index (χ1v) is 6.35. The zero-order valence-electron chi connectivity index (χ0n) is 9.92. The van der Waals surface area contributed by atoms with Gasteiger partial charge in [0.25, 0.3) is 5.91 Å². The van der Waals surface area contributed by atoms with Crippen LogP contribution in [0.4, 0.5) is 0 Å². The summed E-state index contributed by atoms with van der Waals surface area (Å²) in [6.45, 7) is 3.11. The Kier molecular flexibility index (Phi) is 3.96. The second-order valence-corrected chi connectivity index (χ2v) is 4.48. The van der Waals surface area contributed by atoms with Gasteiger partial charge in [0.2, 0.25) is 0 Å². The van der Waals surface area contributed by atoms with E-state index in [4.69, 9.17) is 10.6 Å². The number of rotatable bonds is 5. The molecule has 0 saturated heterocycles. The SMILES string of the molecule is CCn1cc(OCc2ccsc2C(=O)NN)cn1. The minimum atomic E-state index is -0.298. The molecule has 0 fully saturated rings. The Hall–Kier alpha value is -1.86. The highest BCUT2D eigenvalue weighted by Gasteiger charge is 2.12. The average Bonchev–Trinajstić information content (AvgIpc) is 3.03. The number of hydrogen-bond acceptors (Lipinski definition) is 5. The summed E-state index contributed by atoms with van der Waals surface area (Å²) in [4.78, 5) is 12.0. The fourth-order valence-electron chi connectivity index (χ4n) is 1.47. The number of aromatic nitrogens is 2. The van der Waals surface area contributed by atoms with Gasteiger partial charge in [0, 0.05) is 12.1 Å². The van der Waals surface area contributed by atoms with Crippen LogP contribution in [-0.2, 0) is 13.2 Å². The van der Waals surface area contributed by atoms with Gasteiger partial charge in [-0.25, -0.2) is 5.84 Å². The molecule has 3 N–H and O–H groups in total. The van der Waals surface area contributed by atoms with Crippen molar-refractivity contribution in [2.24, 2.45) is 5.84 Å². The zero-order valence-corrected chi connectivity index (χ0v) is 10.7. The number of hydrogen-bond donors (Lipinski definition) is 2. The summed E-state index contributed by atoms with van der Waals surface area (Å²) < 4.78 is 7.34. The fraction of sp³-hybridized carbons (Fsp3) is 0.273. The number of carbonyl (C=O) groups is 1. The van der Waals surface area contributed by atoms with Crippen LogP contribution in [0.1, 0.15) is 22.2 Å². The third-order valence-corrected chi connectivity index (χ3v) is 3.37. The number of nitrogen functional groups attached to an aromatic ring is 1. The van der Waals surface area contributed by atoms with Gasteiger partial charge in [-0.05, 0) is 18.4 Å². The highest BCUT2D eigenvalue weighted by molar-refractivity contribution is 7.12.